The van der Waals surface area contributed by atoms with E-state index in [1.807, 2.05) is 0 Å². The fourth-order valence-electron chi connectivity index (χ4n) is 2.17. The lowest BCUT2D eigenvalue weighted by atomic mass is 10.1. The van der Waals surface area contributed by atoms with Crippen LogP contribution in [0.15, 0.2) is 12.7 Å². The number of hydrogen-bond acceptors (Lipinski definition) is 2. The molecule has 0 amide bonds. The van der Waals surface area contributed by atoms with Crippen molar-refractivity contribution >= 4 is 17.3 Å². The molecule has 0 rings (SSSR count). The predicted molar refractivity (Wildman–Crippen MR) is 89.8 cm³/mol. The van der Waals surface area contributed by atoms with Gasteiger partial charge >= 0.3 is 0 Å². The fraction of sp³-hybridized carbons (Fsp3) is 0.824. The molecule has 0 unspecified atom stereocenters. The van der Waals surface area contributed by atoms with Crippen molar-refractivity contribution in [3.05, 3.63) is 12.7 Å². The molecular formula is C17H32OS. The third-order valence-electron chi connectivity index (χ3n) is 3.41. The van der Waals surface area contributed by atoms with E-state index in [4.69, 9.17) is 17.0 Å². The molecule has 0 aliphatic heterocycles. The molecule has 0 fully saturated rings. The van der Waals surface area contributed by atoms with Gasteiger partial charge in [-0.25, -0.2) is 0 Å². The molecule has 0 aliphatic rings. The van der Waals surface area contributed by atoms with Crippen LogP contribution in [0.4, 0.5) is 0 Å². The molecule has 0 spiro atoms. The Morgan fingerprint density at radius 2 is 1.26 bits per heavy atom. The van der Waals surface area contributed by atoms with E-state index in [2.05, 4.69) is 13.5 Å². The summed E-state index contributed by atoms with van der Waals surface area (Å²) in [7, 11) is 0. The number of thiocarbonyl (C=S) groups is 1. The molecule has 0 saturated heterocycles. The minimum Gasteiger partial charge on any atom is -0.483 e. The molecule has 0 aromatic rings. The maximum Gasteiger partial charge on any atom is 0.183 e. The highest BCUT2D eigenvalue weighted by Crippen LogP contribution is 2.11. The lowest BCUT2D eigenvalue weighted by Gasteiger charge is -2.04. The first-order valence-electron chi connectivity index (χ1n) is 8.10. The van der Waals surface area contributed by atoms with Crippen LogP contribution in [-0.2, 0) is 4.74 Å². The van der Waals surface area contributed by atoms with Gasteiger partial charge in [0, 0.05) is 0 Å². The topological polar surface area (TPSA) is 9.23 Å². The minimum atomic E-state index is 0.531. The highest BCUT2D eigenvalue weighted by atomic mass is 32.1. The van der Waals surface area contributed by atoms with Crippen molar-refractivity contribution in [2.45, 2.75) is 84.0 Å². The zero-order chi connectivity index (χ0) is 14.2. The van der Waals surface area contributed by atoms with Gasteiger partial charge in [0.1, 0.15) is 0 Å². The summed E-state index contributed by atoms with van der Waals surface area (Å²) < 4.78 is 5.30. The zero-order valence-electron chi connectivity index (χ0n) is 12.8. The average molecular weight is 285 g/mol. The van der Waals surface area contributed by atoms with Gasteiger partial charge in [0.15, 0.2) is 5.05 Å². The van der Waals surface area contributed by atoms with Crippen LogP contribution in [0.3, 0.4) is 0 Å². The van der Waals surface area contributed by atoms with E-state index in [0.29, 0.717) is 5.05 Å². The Morgan fingerprint density at radius 1 is 0.842 bits per heavy atom. The summed E-state index contributed by atoms with van der Waals surface area (Å²) in [6.45, 7) is 6.60. The Balaban J connectivity index is 2.99. The fourth-order valence-corrected chi connectivity index (χ4v) is 2.26. The summed E-state index contributed by atoms with van der Waals surface area (Å²) in [6.07, 6.45) is 18.0. The van der Waals surface area contributed by atoms with Crippen LogP contribution in [-0.4, -0.2) is 11.7 Å². The van der Waals surface area contributed by atoms with Crippen LogP contribution >= 0.6 is 12.2 Å². The Morgan fingerprint density at radius 3 is 1.68 bits per heavy atom. The van der Waals surface area contributed by atoms with Gasteiger partial charge in [0.05, 0.1) is 6.61 Å². The smallest absolute Gasteiger partial charge is 0.183 e. The normalized spacial score (nSPS) is 10.4. The maximum absolute atomic E-state index is 5.30. The zero-order valence-corrected chi connectivity index (χ0v) is 13.6. The molecule has 0 atom stereocenters. The van der Waals surface area contributed by atoms with Gasteiger partial charge in [-0.3, -0.25) is 0 Å². The number of ether oxygens (including phenoxy) is 1. The Bertz CT molecular complexity index is 213. The molecule has 112 valence electrons. The SMILES string of the molecule is C=CC(=S)OCCCCCCCCCCCCCC. The lowest BCUT2D eigenvalue weighted by Crippen LogP contribution is -1.99. The molecule has 0 aliphatic carbocycles. The first-order chi connectivity index (χ1) is 9.31. The molecule has 1 nitrogen and oxygen atoms in total. The van der Waals surface area contributed by atoms with Crippen molar-refractivity contribution in [3.8, 4) is 0 Å². The van der Waals surface area contributed by atoms with Gasteiger partial charge < -0.3 is 4.74 Å². The first kappa shape index (κ1) is 18.6. The summed E-state index contributed by atoms with van der Waals surface area (Å²) in [5.74, 6) is 0. The monoisotopic (exact) mass is 284 g/mol. The summed E-state index contributed by atoms with van der Waals surface area (Å²) in [4.78, 5) is 0. The molecular weight excluding hydrogens is 252 g/mol. The standard InChI is InChI=1S/C17H32OS/c1-3-5-6-7-8-9-10-11-12-13-14-15-16-18-17(19)4-2/h4H,2-3,5-16H2,1H3. The van der Waals surface area contributed by atoms with E-state index in [0.717, 1.165) is 13.0 Å². The number of rotatable bonds is 14. The van der Waals surface area contributed by atoms with Crippen LogP contribution in [0.2, 0.25) is 0 Å². The molecule has 0 radical (unpaired) electrons. The van der Waals surface area contributed by atoms with E-state index in [-0.39, 0.29) is 0 Å². The van der Waals surface area contributed by atoms with Crippen molar-refractivity contribution in [2.24, 2.45) is 0 Å². The average Bonchev–Trinajstić information content (AvgIpc) is 2.43. The van der Waals surface area contributed by atoms with Gasteiger partial charge in [0.2, 0.25) is 0 Å². The van der Waals surface area contributed by atoms with Gasteiger partial charge in [-0.1, -0.05) is 84.1 Å². The predicted octanol–water partition coefficient (Wildman–Crippen LogP) is 6.22. The van der Waals surface area contributed by atoms with Crippen LogP contribution < -0.4 is 0 Å². The van der Waals surface area contributed by atoms with Gasteiger partial charge in [-0.2, -0.15) is 0 Å². The van der Waals surface area contributed by atoms with Gasteiger partial charge in [0.25, 0.3) is 0 Å². The summed E-state index contributed by atoms with van der Waals surface area (Å²) in [5.41, 5.74) is 0. The summed E-state index contributed by atoms with van der Waals surface area (Å²) >= 11 is 4.90. The molecule has 19 heavy (non-hydrogen) atoms. The summed E-state index contributed by atoms with van der Waals surface area (Å²) in [5, 5.41) is 0.531. The highest BCUT2D eigenvalue weighted by Gasteiger charge is 1.94. The Hall–Kier alpha value is -0.370. The number of unbranched alkanes of at least 4 members (excludes halogenated alkanes) is 11. The molecule has 0 saturated carbocycles. The van der Waals surface area contributed by atoms with Crippen molar-refractivity contribution < 1.29 is 4.74 Å². The van der Waals surface area contributed by atoms with Crippen molar-refractivity contribution in [1.29, 1.82) is 0 Å². The third-order valence-corrected chi connectivity index (χ3v) is 3.69. The Labute approximate surface area is 125 Å². The lowest BCUT2D eigenvalue weighted by molar-refractivity contribution is 0.302. The van der Waals surface area contributed by atoms with Crippen LogP contribution in [0.25, 0.3) is 0 Å². The largest absolute Gasteiger partial charge is 0.483 e. The van der Waals surface area contributed by atoms with Crippen molar-refractivity contribution in [2.75, 3.05) is 6.61 Å². The Kier molecular flexibility index (Phi) is 15.4. The molecule has 0 N–H and O–H groups in total. The van der Waals surface area contributed by atoms with Crippen LogP contribution in [0.5, 0.6) is 0 Å². The van der Waals surface area contributed by atoms with Gasteiger partial charge in [-0.05, 0) is 24.7 Å². The quantitative estimate of drug-likeness (QED) is 0.213. The van der Waals surface area contributed by atoms with Crippen LogP contribution in [0.1, 0.15) is 84.0 Å². The summed E-state index contributed by atoms with van der Waals surface area (Å²) in [6, 6.07) is 0. The van der Waals surface area contributed by atoms with E-state index in [9.17, 15) is 0 Å². The highest BCUT2D eigenvalue weighted by molar-refractivity contribution is 7.80. The van der Waals surface area contributed by atoms with Crippen LogP contribution in [0, 0.1) is 0 Å². The third kappa shape index (κ3) is 15.6. The maximum atomic E-state index is 5.30. The second-order valence-corrected chi connectivity index (χ2v) is 5.66. The van der Waals surface area contributed by atoms with Gasteiger partial charge in [-0.15, -0.1) is 0 Å². The first-order valence-corrected chi connectivity index (χ1v) is 8.51. The molecule has 2 heteroatoms. The second-order valence-electron chi connectivity index (χ2n) is 5.26. The number of hydrogen-bond donors (Lipinski definition) is 0. The molecule has 0 aromatic carbocycles. The van der Waals surface area contributed by atoms with E-state index < -0.39 is 0 Å². The van der Waals surface area contributed by atoms with E-state index in [1.54, 1.807) is 6.08 Å². The van der Waals surface area contributed by atoms with E-state index in [1.165, 1.54) is 70.6 Å². The minimum absolute atomic E-state index is 0.531. The molecule has 0 heterocycles. The van der Waals surface area contributed by atoms with Crippen molar-refractivity contribution in [3.63, 3.8) is 0 Å². The van der Waals surface area contributed by atoms with E-state index >= 15 is 0 Å². The molecule has 0 bridgehead atoms. The second kappa shape index (κ2) is 15.7. The molecule has 0 aromatic heterocycles. The van der Waals surface area contributed by atoms with Crippen molar-refractivity contribution in [1.82, 2.24) is 0 Å².